The Morgan fingerprint density at radius 3 is 2.59 bits per heavy atom. The molecule has 1 N–H and O–H groups in total. The van der Waals surface area contributed by atoms with Gasteiger partial charge in [0, 0.05) is 49.0 Å². The van der Waals surface area contributed by atoms with Crippen LogP contribution in [0, 0.1) is 17.0 Å². The van der Waals surface area contributed by atoms with E-state index in [4.69, 9.17) is 4.74 Å². The Labute approximate surface area is 169 Å². The van der Waals surface area contributed by atoms with Crippen LogP contribution in [0.15, 0.2) is 48.5 Å². The maximum Gasteiger partial charge on any atom is 0.295 e. The predicted molar refractivity (Wildman–Crippen MR) is 113 cm³/mol. The number of nitrogens with one attached hydrogen (secondary N) is 1. The Kier molecular flexibility index (Phi) is 5.69. The molecule has 1 aliphatic heterocycles. The van der Waals surface area contributed by atoms with Crippen LogP contribution in [0.4, 0.5) is 11.4 Å². The van der Waals surface area contributed by atoms with Crippen LogP contribution >= 0.6 is 0 Å². The van der Waals surface area contributed by atoms with Gasteiger partial charge < -0.3 is 10.1 Å². The maximum atomic E-state index is 11.3. The lowest BCUT2D eigenvalue weighted by molar-refractivity contribution is -0.383. The van der Waals surface area contributed by atoms with Crippen molar-refractivity contribution in [2.75, 3.05) is 31.6 Å². The fourth-order valence-electron chi connectivity index (χ4n) is 3.63. The predicted octanol–water partition coefficient (Wildman–Crippen LogP) is 3.90. The van der Waals surface area contributed by atoms with Crippen LogP contribution in [0.25, 0.3) is 10.9 Å². The van der Waals surface area contributed by atoms with Gasteiger partial charge in [-0.25, -0.2) is 4.98 Å². The first-order valence-electron chi connectivity index (χ1n) is 9.77. The van der Waals surface area contributed by atoms with Crippen LogP contribution in [0.5, 0.6) is 0 Å². The topological polar surface area (TPSA) is 80.5 Å². The molecule has 0 aliphatic carbocycles. The number of nitro benzene ring substituents is 1. The smallest absolute Gasteiger partial charge is 0.295 e. The van der Waals surface area contributed by atoms with E-state index in [1.165, 1.54) is 11.6 Å². The molecule has 1 saturated heterocycles. The molecule has 1 fully saturated rings. The molecule has 4 rings (SSSR count). The standard InChI is InChI=1S/C22H24N4O3/c1-16-13-20(19-3-2-4-21(26(27)28)22(19)24-16)23-14-17-5-7-18(8-6-17)15-25-9-11-29-12-10-25/h2-8,13H,9-12,14-15H2,1H3,(H,23,24). The molecule has 0 saturated carbocycles. The minimum absolute atomic E-state index is 0.0294. The lowest BCUT2D eigenvalue weighted by Gasteiger charge is -2.26. The molecule has 3 aromatic rings. The lowest BCUT2D eigenvalue weighted by Crippen LogP contribution is -2.35. The molecule has 0 bridgehead atoms. The first-order chi connectivity index (χ1) is 14.1. The number of nitro groups is 1. The van der Waals surface area contributed by atoms with Gasteiger partial charge in [-0.2, -0.15) is 0 Å². The number of non-ortho nitro benzene ring substituents is 1. The number of aryl methyl sites for hydroxylation is 1. The molecule has 2 aromatic carbocycles. The average Bonchev–Trinajstić information content (AvgIpc) is 2.73. The quantitative estimate of drug-likeness (QED) is 0.506. The highest BCUT2D eigenvalue weighted by molar-refractivity contribution is 5.96. The van der Waals surface area contributed by atoms with Gasteiger partial charge >= 0.3 is 0 Å². The van der Waals surface area contributed by atoms with Crippen LogP contribution in [0.1, 0.15) is 16.8 Å². The van der Waals surface area contributed by atoms with Gasteiger partial charge in [-0.15, -0.1) is 0 Å². The molecule has 150 valence electrons. The maximum absolute atomic E-state index is 11.3. The number of nitrogens with zero attached hydrogens (tertiary/aromatic N) is 3. The Hall–Kier alpha value is -3.03. The molecule has 7 heteroatoms. The van der Waals surface area contributed by atoms with Gasteiger partial charge in [0.25, 0.3) is 5.69 Å². The summed E-state index contributed by atoms with van der Waals surface area (Å²) in [5.41, 5.74) is 4.49. The Morgan fingerprint density at radius 1 is 1.14 bits per heavy atom. The largest absolute Gasteiger partial charge is 0.380 e. The highest BCUT2D eigenvalue weighted by Gasteiger charge is 2.15. The van der Waals surface area contributed by atoms with Crippen molar-refractivity contribution < 1.29 is 9.66 Å². The second kappa shape index (κ2) is 8.55. The Bertz CT molecular complexity index is 1010. The highest BCUT2D eigenvalue weighted by atomic mass is 16.6. The number of benzene rings is 2. The number of para-hydroxylation sites is 1. The first kappa shape index (κ1) is 19.3. The van der Waals surface area contributed by atoms with E-state index in [9.17, 15) is 10.1 Å². The normalized spacial score (nSPS) is 14.8. The van der Waals surface area contributed by atoms with Crippen molar-refractivity contribution >= 4 is 22.3 Å². The molecule has 0 spiro atoms. The second-order valence-electron chi connectivity index (χ2n) is 7.30. The summed E-state index contributed by atoms with van der Waals surface area (Å²) in [5.74, 6) is 0. The average molecular weight is 392 g/mol. The molecule has 2 heterocycles. The van der Waals surface area contributed by atoms with E-state index in [2.05, 4.69) is 39.5 Å². The number of rotatable bonds is 6. The summed E-state index contributed by atoms with van der Waals surface area (Å²) in [5, 5.41) is 15.5. The Morgan fingerprint density at radius 2 is 1.86 bits per heavy atom. The molecular formula is C22H24N4O3. The molecule has 0 atom stereocenters. The van der Waals surface area contributed by atoms with Crippen molar-refractivity contribution in [2.24, 2.45) is 0 Å². The van der Waals surface area contributed by atoms with E-state index >= 15 is 0 Å². The summed E-state index contributed by atoms with van der Waals surface area (Å²) >= 11 is 0. The third-order valence-electron chi connectivity index (χ3n) is 5.16. The third kappa shape index (κ3) is 4.52. The van der Waals surface area contributed by atoms with E-state index in [-0.39, 0.29) is 10.6 Å². The summed E-state index contributed by atoms with van der Waals surface area (Å²) in [6, 6.07) is 15.6. The van der Waals surface area contributed by atoms with E-state index in [0.29, 0.717) is 12.1 Å². The molecule has 7 nitrogen and oxygen atoms in total. The molecule has 29 heavy (non-hydrogen) atoms. The monoisotopic (exact) mass is 392 g/mol. The van der Waals surface area contributed by atoms with Crippen LogP contribution in [-0.2, 0) is 17.8 Å². The van der Waals surface area contributed by atoms with Crippen LogP contribution in [0.3, 0.4) is 0 Å². The van der Waals surface area contributed by atoms with Crippen molar-refractivity contribution in [3.05, 3.63) is 75.5 Å². The number of hydrogen-bond donors (Lipinski definition) is 1. The number of aromatic nitrogens is 1. The first-order valence-corrected chi connectivity index (χ1v) is 9.77. The zero-order valence-electron chi connectivity index (χ0n) is 16.4. The van der Waals surface area contributed by atoms with E-state index in [1.54, 1.807) is 6.07 Å². The molecule has 0 radical (unpaired) electrons. The number of pyridine rings is 1. The fourth-order valence-corrected chi connectivity index (χ4v) is 3.63. The molecule has 0 unspecified atom stereocenters. The Balaban J connectivity index is 1.48. The summed E-state index contributed by atoms with van der Waals surface area (Å²) in [4.78, 5) is 17.7. The summed E-state index contributed by atoms with van der Waals surface area (Å²) in [7, 11) is 0. The van der Waals surface area contributed by atoms with Crippen molar-refractivity contribution in [2.45, 2.75) is 20.0 Å². The number of ether oxygens (including phenoxy) is 1. The van der Waals surface area contributed by atoms with Gasteiger partial charge in [0.2, 0.25) is 0 Å². The third-order valence-corrected chi connectivity index (χ3v) is 5.16. The number of morpholine rings is 1. The van der Waals surface area contributed by atoms with Gasteiger partial charge in [-0.1, -0.05) is 36.4 Å². The van der Waals surface area contributed by atoms with Gasteiger partial charge in [-0.3, -0.25) is 15.0 Å². The number of hydrogen-bond acceptors (Lipinski definition) is 6. The lowest BCUT2D eigenvalue weighted by atomic mass is 10.1. The van der Waals surface area contributed by atoms with E-state index < -0.39 is 0 Å². The second-order valence-corrected chi connectivity index (χ2v) is 7.30. The fraction of sp³-hybridized carbons (Fsp3) is 0.318. The summed E-state index contributed by atoms with van der Waals surface area (Å²) in [6.45, 7) is 6.99. The summed E-state index contributed by atoms with van der Waals surface area (Å²) < 4.78 is 5.40. The van der Waals surface area contributed by atoms with E-state index in [1.807, 2.05) is 19.1 Å². The molecule has 1 aromatic heterocycles. The van der Waals surface area contributed by atoms with Crippen LogP contribution < -0.4 is 5.32 Å². The van der Waals surface area contributed by atoms with Crippen molar-refractivity contribution in [3.63, 3.8) is 0 Å². The minimum Gasteiger partial charge on any atom is -0.380 e. The van der Waals surface area contributed by atoms with E-state index in [0.717, 1.165) is 55.2 Å². The van der Waals surface area contributed by atoms with Gasteiger partial charge in [0.15, 0.2) is 5.52 Å². The van der Waals surface area contributed by atoms with Crippen LogP contribution in [-0.4, -0.2) is 41.1 Å². The SMILES string of the molecule is Cc1cc(NCc2ccc(CN3CCOCC3)cc2)c2cccc([N+](=O)[O-])c2n1. The highest BCUT2D eigenvalue weighted by Crippen LogP contribution is 2.30. The molecular weight excluding hydrogens is 368 g/mol. The van der Waals surface area contributed by atoms with Crippen LogP contribution in [0.2, 0.25) is 0 Å². The molecule has 1 aliphatic rings. The zero-order valence-corrected chi connectivity index (χ0v) is 16.4. The number of fused-ring (bicyclic) bond motifs is 1. The van der Waals surface area contributed by atoms with Gasteiger partial charge in [0.05, 0.1) is 18.1 Å². The molecule has 0 amide bonds. The minimum atomic E-state index is -0.383. The summed E-state index contributed by atoms with van der Waals surface area (Å²) in [6.07, 6.45) is 0. The van der Waals surface area contributed by atoms with Gasteiger partial charge in [0.1, 0.15) is 0 Å². The van der Waals surface area contributed by atoms with Gasteiger partial charge in [-0.05, 0) is 24.1 Å². The van der Waals surface area contributed by atoms with Crippen molar-refractivity contribution in [3.8, 4) is 0 Å². The van der Waals surface area contributed by atoms with Crippen molar-refractivity contribution in [1.82, 2.24) is 9.88 Å². The number of anilines is 1. The zero-order chi connectivity index (χ0) is 20.2. The van der Waals surface area contributed by atoms with Crippen molar-refractivity contribution in [1.29, 1.82) is 0 Å².